The van der Waals surface area contributed by atoms with E-state index in [1.807, 2.05) is 20.8 Å². The van der Waals surface area contributed by atoms with Gasteiger partial charge in [0.1, 0.15) is 18.2 Å². The molecule has 3 rings (SSSR count). The molecule has 0 aliphatic carbocycles. The van der Waals surface area contributed by atoms with E-state index < -0.39 is 29.3 Å². The summed E-state index contributed by atoms with van der Waals surface area (Å²) in [4.78, 5) is 27.5. The first-order valence-corrected chi connectivity index (χ1v) is 11.0. The van der Waals surface area contributed by atoms with Crippen molar-refractivity contribution >= 4 is 17.6 Å². The maximum absolute atomic E-state index is 14.7. The van der Waals surface area contributed by atoms with Gasteiger partial charge in [0.2, 0.25) is 0 Å². The van der Waals surface area contributed by atoms with Gasteiger partial charge >= 0.3 is 6.03 Å². The number of hydrogen-bond acceptors (Lipinski definition) is 4. The third-order valence-corrected chi connectivity index (χ3v) is 5.27. The fourth-order valence-electron chi connectivity index (χ4n) is 3.63. The molecule has 0 bridgehead atoms. The van der Waals surface area contributed by atoms with E-state index in [0.29, 0.717) is 16.8 Å². The molecular formula is C25H30F2N4O3. The molecule has 0 radical (unpaired) electrons. The highest BCUT2D eigenvalue weighted by molar-refractivity contribution is 6.03. The highest BCUT2D eigenvalue weighted by Gasteiger charge is 2.36. The minimum Gasteiger partial charge on any atom is -0.383 e. The summed E-state index contributed by atoms with van der Waals surface area (Å²) in [6.07, 6.45) is 0.255. The Morgan fingerprint density at radius 2 is 1.82 bits per heavy atom. The number of carbonyl (C=O) groups excluding carboxylic acids is 2. The Balaban J connectivity index is 1.90. The Kier molecular flexibility index (Phi) is 7.98. The standard InChI is InChI=1S/C25H30F2N4O3/c1-25(2,3)28-24(33)30(13-14-34-4)16-23(32)31-22(19-7-5-6-8-20(19)27)15-21(29-31)17-9-11-18(26)12-10-17/h5-12,22H,13-16H2,1-4H3,(H,28,33)/t22-/m0/s1. The SMILES string of the molecule is COCCN(CC(=O)N1N=C(c2ccc(F)cc2)C[C@H]1c1ccccc1F)C(=O)NC(C)(C)C. The van der Waals surface area contributed by atoms with Crippen molar-refractivity contribution in [2.24, 2.45) is 5.10 Å². The summed E-state index contributed by atoms with van der Waals surface area (Å²) in [5.41, 5.74) is 0.992. The Bertz CT molecular complexity index is 1050. The fourth-order valence-corrected chi connectivity index (χ4v) is 3.63. The number of rotatable bonds is 7. The van der Waals surface area contributed by atoms with Gasteiger partial charge in [-0.25, -0.2) is 18.6 Å². The van der Waals surface area contributed by atoms with E-state index in [1.54, 1.807) is 30.3 Å². The minimum absolute atomic E-state index is 0.191. The number of nitrogens with one attached hydrogen (secondary N) is 1. The van der Waals surface area contributed by atoms with Gasteiger partial charge in [-0.15, -0.1) is 0 Å². The molecule has 9 heteroatoms. The van der Waals surface area contributed by atoms with Crippen LogP contribution in [0.1, 0.15) is 44.4 Å². The van der Waals surface area contributed by atoms with Crippen LogP contribution in [0.5, 0.6) is 0 Å². The molecule has 182 valence electrons. The highest BCUT2D eigenvalue weighted by atomic mass is 19.1. The van der Waals surface area contributed by atoms with Crippen LogP contribution in [0, 0.1) is 11.6 Å². The smallest absolute Gasteiger partial charge is 0.318 e. The third-order valence-electron chi connectivity index (χ3n) is 5.27. The number of nitrogens with zero attached hydrogens (tertiary/aromatic N) is 3. The molecule has 0 saturated heterocycles. The van der Waals surface area contributed by atoms with E-state index in [4.69, 9.17) is 4.74 Å². The van der Waals surface area contributed by atoms with Crippen LogP contribution >= 0.6 is 0 Å². The summed E-state index contributed by atoms with van der Waals surface area (Å²) in [5.74, 6) is -1.31. The van der Waals surface area contributed by atoms with Crippen LogP contribution < -0.4 is 5.32 Å². The average molecular weight is 473 g/mol. The predicted octanol–water partition coefficient (Wildman–Crippen LogP) is 4.10. The molecule has 1 atom stereocenters. The van der Waals surface area contributed by atoms with E-state index in [9.17, 15) is 18.4 Å². The van der Waals surface area contributed by atoms with Gasteiger partial charge in [0, 0.05) is 31.2 Å². The molecule has 0 spiro atoms. The number of amides is 3. The van der Waals surface area contributed by atoms with E-state index in [-0.39, 0.29) is 31.9 Å². The van der Waals surface area contributed by atoms with E-state index in [1.165, 1.54) is 35.2 Å². The molecule has 7 nitrogen and oxygen atoms in total. The van der Waals surface area contributed by atoms with Crippen LogP contribution in [0.2, 0.25) is 0 Å². The summed E-state index contributed by atoms with van der Waals surface area (Å²) in [7, 11) is 1.51. The lowest BCUT2D eigenvalue weighted by molar-refractivity contribution is -0.133. The Morgan fingerprint density at radius 1 is 1.15 bits per heavy atom. The van der Waals surface area contributed by atoms with Crippen LogP contribution in [0.3, 0.4) is 0 Å². The Hall–Kier alpha value is -3.33. The molecule has 0 unspecified atom stereocenters. The second kappa shape index (κ2) is 10.7. The first-order valence-electron chi connectivity index (χ1n) is 11.0. The van der Waals surface area contributed by atoms with Crippen molar-refractivity contribution < 1.29 is 23.1 Å². The summed E-state index contributed by atoms with van der Waals surface area (Å²) in [5, 5.41) is 8.54. The molecule has 3 amide bonds. The molecule has 2 aromatic carbocycles. The maximum atomic E-state index is 14.7. The average Bonchev–Trinajstić information content (AvgIpc) is 3.21. The molecule has 1 N–H and O–H groups in total. The molecule has 0 aromatic heterocycles. The van der Waals surface area contributed by atoms with Crippen molar-refractivity contribution in [1.29, 1.82) is 0 Å². The Morgan fingerprint density at radius 3 is 2.44 bits per heavy atom. The molecule has 1 heterocycles. The van der Waals surface area contributed by atoms with Crippen molar-refractivity contribution in [3.05, 3.63) is 71.3 Å². The number of ether oxygens (including phenoxy) is 1. The lowest BCUT2D eigenvalue weighted by atomic mass is 9.98. The van der Waals surface area contributed by atoms with Crippen LogP contribution in [0.25, 0.3) is 0 Å². The first-order chi connectivity index (χ1) is 16.1. The monoisotopic (exact) mass is 472 g/mol. The minimum atomic E-state index is -0.691. The van der Waals surface area contributed by atoms with Crippen LogP contribution in [-0.4, -0.2) is 59.9 Å². The molecule has 0 fully saturated rings. The number of methoxy groups -OCH3 is 1. The number of urea groups is 1. The fraction of sp³-hybridized carbons (Fsp3) is 0.400. The zero-order chi connectivity index (χ0) is 24.9. The molecular weight excluding hydrogens is 442 g/mol. The predicted molar refractivity (Wildman–Crippen MR) is 125 cm³/mol. The quantitative estimate of drug-likeness (QED) is 0.660. The lowest BCUT2D eigenvalue weighted by Gasteiger charge is -2.30. The van der Waals surface area contributed by atoms with Crippen molar-refractivity contribution in [3.8, 4) is 0 Å². The number of carbonyl (C=O) groups is 2. The van der Waals surface area contributed by atoms with Crippen molar-refractivity contribution in [3.63, 3.8) is 0 Å². The second-order valence-corrected chi connectivity index (χ2v) is 9.13. The summed E-state index contributed by atoms with van der Waals surface area (Å²) < 4.78 is 33.2. The van der Waals surface area contributed by atoms with Crippen LogP contribution in [0.15, 0.2) is 53.6 Å². The molecule has 2 aromatic rings. The molecule has 34 heavy (non-hydrogen) atoms. The normalized spacial score (nSPS) is 15.8. The van der Waals surface area contributed by atoms with Crippen molar-refractivity contribution in [2.45, 2.75) is 38.8 Å². The number of hydrazone groups is 1. The van der Waals surface area contributed by atoms with Gasteiger partial charge in [-0.05, 0) is 44.5 Å². The largest absolute Gasteiger partial charge is 0.383 e. The van der Waals surface area contributed by atoms with E-state index in [0.717, 1.165) is 0 Å². The molecule has 1 aliphatic rings. The van der Waals surface area contributed by atoms with Gasteiger partial charge in [-0.1, -0.05) is 30.3 Å². The number of benzene rings is 2. The summed E-state index contributed by atoms with van der Waals surface area (Å²) in [6.45, 7) is 5.69. The second-order valence-electron chi connectivity index (χ2n) is 9.13. The summed E-state index contributed by atoms with van der Waals surface area (Å²) >= 11 is 0. The first kappa shape index (κ1) is 25.3. The number of hydrogen-bond donors (Lipinski definition) is 1. The maximum Gasteiger partial charge on any atom is 0.318 e. The van der Waals surface area contributed by atoms with Crippen molar-refractivity contribution in [2.75, 3.05) is 26.8 Å². The van der Waals surface area contributed by atoms with E-state index >= 15 is 0 Å². The van der Waals surface area contributed by atoms with Crippen LogP contribution in [-0.2, 0) is 9.53 Å². The van der Waals surface area contributed by atoms with E-state index in [2.05, 4.69) is 10.4 Å². The van der Waals surface area contributed by atoms with Gasteiger partial charge in [0.25, 0.3) is 5.91 Å². The van der Waals surface area contributed by atoms with Gasteiger partial charge in [-0.3, -0.25) is 4.79 Å². The van der Waals surface area contributed by atoms with Gasteiger partial charge in [0.15, 0.2) is 0 Å². The highest BCUT2D eigenvalue weighted by Crippen LogP contribution is 2.34. The third kappa shape index (κ3) is 6.38. The van der Waals surface area contributed by atoms with Gasteiger partial charge in [-0.2, -0.15) is 5.10 Å². The van der Waals surface area contributed by atoms with Crippen molar-refractivity contribution in [1.82, 2.24) is 15.2 Å². The zero-order valence-electron chi connectivity index (χ0n) is 19.8. The molecule has 1 aliphatic heterocycles. The van der Waals surface area contributed by atoms with Crippen LogP contribution in [0.4, 0.5) is 13.6 Å². The van der Waals surface area contributed by atoms with Gasteiger partial charge < -0.3 is 15.0 Å². The van der Waals surface area contributed by atoms with Gasteiger partial charge in [0.05, 0.1) is 18.4 Å². The zero-order valence-corrected chi connectivity index (χ0v) is 19.8. The number of halogens is 2. The summed E-state index contributed by atoms with van der Waals surface area (Å²) in [6, 6.07) is 10.9. The molecule has 0 saturated carbocycles. The Labute approximate surface area is 198 Å². The lowest BCUT2D eigenvalue weighted by Crippen LogP contribution is -2.52. The topological polar surface area (TPSA) is 74.2 Å².